The van der Waals surface area contributed by atoms with Gasteiger partial charge in [0.25, 0.3) is 5.91 Å². The van der Waals surface area contributed by atoms with E-state index in [0.29, 0.717) is 13.2 Å². The maximum Gasteiger partial charge on any atom is 0.250 e. The second-order valence-corrected chi connectivity index (χ2v) is 6.03. The van der Waals surface area contributed by atoms with E-state index in [-0.39, 0.29) is 30.5 Å². The highest BCUT2D eigenvalue weighted by Crippen LogP contribution is 2.24. The molecule has 3 rings (SSSR count). The van der Waals surface area contributed by atoms with E-state index >= 15 is 0 Å². The molecular formula is C17H25ClN2O2. The number of aryl methyl sites for hydroxylation is 2. The van der Waals surface area contributed by atoms with Crippen LogP contribution in [0.15, 0.2) is 18.2 Å². The highest BCUT2D eigenvalue weighted by molar-refractivity contribution is 5.85. The molecule has 1 aliphatic carbocycles. The molecular weight excluding hydrogens is 300 g/mol. The SMILES string of the molecule is CC(NC(=O)C1CNCCO1)c1ccc2c(c1)CCCC2.Cl. The number of ether oxygens (including phenoxy) is 1. The number of hydrogen-bond donors (Lipinski definition) is 2. The van der Waals surface area contributed by atoms with Gasteiger partial charge < -0.3 is 15.4 Å². The minimum absolute atomic E-state index is 0. The van der Waals surface area contributed by atoms with Crippen LogP contribution in [0.1, 0.15) is 42.5 Å². The Hall–Kier alpha value is -1.10. The molecule has 2 aliphatic rings. The Balaban J connectivity index is 0.00000176. The first-order valence-corrected chi connectivity index (χ1v) is 7.98. The van der Waals surface area contributed by atoms with Crippen molar-refractivity contribution in [2.45, 2.75) is 44.8 Å². The average molecular weight is 325 g/mol. The predicted molar refractivity (Wildman–Crippen MR) is 89.5 cm³/mol. The minimum atomic E-state index is -0.362. The molecule has 4 nitrogen and oxygen atoms in total. The van der Waals surface area contributed by atoms with Gasteiger partial charge in [0.2, 0.25) is 0 Å². The summed E-state index contributed by atoms with van der Waals surface area (Å²) in [5.74, 6) is -0.0209. The van der Waals surface area contributed by atoms with Gasteiger partial charge in [0.15, 0.2) is 0 Å². The van der Waals surface area contributed by atoms with Gasteiger partial charge in [-0.05, 0) is 49.3 Å². The molecule has 2 N–H and O–H groups in total. The monoisotopic (exact) mass is 324 g/mol. The zero-order chi connectivity index (χ0) is 14.7. The summed E-state index contributed by atoms with van der Waals surface area (Å²) in [5, 5.41) is 6.25. The summed E-state index contributed by atoms with van der Waals surface area (Å²) in [6, 6.07) is 6.66. The van der Waals surface area contributed by atoms with Gasteiger partial charge in [-0.3, -0.25) is 4.79 Å². The second kappa shape index (κ2) is 7.95. The fraction of sp³-hybridized carbons (Fsp3) is 0.588. The van der Waals surface area contributed by atoms with Gasteiger partial charge in [-0.2, -0.15) is 0 Å². The largest absolute Gasteiger partial charge is 0.366 e. The molecule has 1 saturated heterocycles. The van der Waals surface area contributed by atoms with Crippen LogP contribution >= 0.6 is 12.4 Å². The van der Waals surface area contributed by atoms with Crippen LogP contribution in [0, 0.1) is 0 Å². The molecule has 2 atom stereocenters. The molecule has 1 aliphatic heterocycles. The number of amides is 1. The van der Waals surface area contributed by atoms with E-state index in [9.17, 15) is 4.79 Å². The number of carbonyl (C=O) groups is 1. The molecule has 0 spiro atoms. The van der Waals surface area contributed by atoms with E-state index in [1.807, 2.05) is 6.92 Å². The molecule has 122 valence electrons. The summed E-state index contributed by atoms with van der Waals surface area (Å²) in [6.07, 6.45) is 4.57. The van der Waals surface area contributed by atoms with E-state index in [2.05, 4.69) is 28.8 Å². The predicted octanol–water partition coefficient (Wildman–Crippen LogP) is 2.15. The summed E-state index contributed by atoms with van der Waals surface area (Å²) in [5.41, 5.74) is 4.12. The van der Waals surface area contributed by atoms with Crippen molar-refractivity contribution >= 4 is 18.3 Å². The van der Waals surface area contributed by atoms with Crippen LogP contribution in [-0.4, -0.2) is 31.7 Å². The van der Waals surface area contributed by atoms with Crippen LogP contribution in [0.2, 0.25) is 0 Å². The van der Waals surface area contributed by atoms with Crippen molar-refractivity contribution in [3.63, 3.8) is 0 Å². The summed E-state index contributed by atoms with van der Waals surface area (Å²) < 4.78 is 5.49. The first-order chi connectivity index (χ1) is 10.2. The Kier molecular flexibility index (Phi) is 6.24. The van der Waals surface area contributed by atoms with Gasteiger partial charge in [-0.1, -0.05) is 18.2 Å². The lowest BCUT2D eigenvalue weighted by Crippen LogP contribution is -2.48. The second-order valence-electron chi connectivity index (χ2n) is 6.03. The number of rotatable bonds is 3. The maximum atomic E-state index is 12.2. The van der Waals surface area contributed by atoms with E-state index < -0.39 is 0 Å². The number of carbonyl (C=O) groups excluding carboxylic acids is 1. The molecule has 0 aromatic heterocycles. The van der Waals surface area contributed by atoms with Crippen LogP contribution in [0.4, 0.5) is 0 Å². The highest BCUT2D eigenvalue weighted by atomic mass is 35.5. The summed E-state index contributed by atoms with van der Waals surface area (Å²) in [6.45, 7) is 4.07. The van der Waals surface area contributed by atoms with Gasteiger partial charge in [-0.25, -0.2) is 0 Å². The average Bonchev–Trinajstić information content (AvgIpc) is 2.55. The van der Waals surface area contributed by atoms with Crippen LogP contribution in [-0.2, 0) is 22.4 Å². The number of halogens is 1. The van der Waals surface area contributed by atoms with Crippen molar-refractivity contribution in [3.8, 4) is 0 Å². The van der Waals surface area contributed by atoms with Crippen LogP contribution in [0.5, 0.6) is 0 Å². The topological polar surface area (TPSA) is 50.4 Å². The number of fused-ring (bicyclic) bond motifs is 1. The minimum Gasteiger partial charge on any atom is -0.366 e. The van der Waals surface area contributed by atoms with E-state index in [1.54, 1.807) is 0 Å². The lowest BCUT2D eigenvalue weighted by molar-refractivity contribution is -0.134. The highest BCUT2D eigenvalue weighted by Gasteiger charge is 2.23. The zero-order valence-corrected chi connectivity index (χ0v) is 13.9. The molecule has 0 bridgehead atoms. The molecule has 5 heteroatoms. The molecule has 2 unspecified atom stereocenters. The number of nitrogens with one attached hydrogen (secondary N) is 2. The first-order valence-electron chi connectivity index (χ1n) is 7.98. The lowest BCUT2D eigenvalue weighted by Gasteiger charge is -2.25. The lowest BCUT2D eigenvalue weighted by atomic mass is 9.89. The number of hydrogen-bond acceptors (Lipinski definition) is 3. The third-order valence-electron chi connectivity index (χ3n) is 4.45. The molecule has 0 radical (unpaired) electrons. The van der Waals surface area contributed by atoms with Gasteiger partial charge in [-0.15, -0.1) is 12.4 Å². The van der Waals surface area contributed by atoms with Crippen molar-refractivity contribution in [2.75, 3.05) is 19.7 Å². The number of benzene rings is 1. The molecule has 1 aromatic rings. The van der Waals surface area contributed by atoms with E-state index in [1.165, 1.54) is 42.4 Å². The van der Waals surface area contributed by atoms with Crippen molar-refractivity contribution in [2.24, 2.45) is 0 Å². The third-order valence-corrected chi connectivity index (χ3v) is 4.45. The van der Waals surface area contributed by atoms with Crippen molar-refractivity contribution in [1.29, 1.82) is 0 Å². The molecule has 1 heterocycles. The molecule has 1 fully saturated rings. The Morgan fingerprint density at radius 3 is 2.82 bits per heavy atom. The fourth-order valence-corrected chi connectivity index (χ4v) is 3.15. The smallest absolute Gasteiger partial charge is 0.250 e. The first kappa shape index (κ1) is 17.3. The fourth-order valence-electron chi connectivity index (χ4n) is 3.15. The van der Waals surface area contributed by atoms with E-state index in [4.69, 9.17) is 4.74 Å². The Morgan fingerprint density at radius 2 is 2.09 bits per heavy atom. The number of morpholine rings is 1. The zero-order valence-electron chi connectivity index (χ0n) is 13.1. The van der Waals surface area contributed by atoms with Crippen LogP contribution in [0.3, 0.4) is 0 Å². The third kappa shape index (κ3) is 4.00. The Morgan fingerprint density at radius 1 is 1.32 bits per heavy atom. The standard InChI is InChI=1S/C17H24N2O2.ClH/c1-12(19-17(20)16-11-18-8-9-21-16)14-7-6-13-4-2-3-5-15(13)10-14;/h6-7,10,12,16,18H,2-5,8-9,11H2,1H3,(H,19,20);1H. The van der Waals surface area contributed by atoms with Crippen LogP contribution < -0.4 is 10.6 Å². The van der Waals surface area contributed by atoms with Gasteiger partial charge in [0.05, 0.1) is 12.6 Å². The molecule has 22 heavy (non-hydrogen) atoms. The van der Waals surface area contributed by atoms with Crippen molar-refractivity contribution in [1.82, 2.24) is 10.6 Å². The Labute approximate surface area is 138 Å². The maximum absolute atomic E-state index is 12.2. The van der Waals surface area contributed by atoms with Gasteiger partial charge >= 0.3 is 0 Å². The molecule has 1 aromatic carbocycles. The van der Waals surface area contributed by atoms with Crippen molar-refractivity contribution in [3.05, 3.63) is 34.9 Å². The Bertz CT molecular complexity index is 515. The molecule has 0 saturated carbocycles. The summed E-state index contributed by atoms with van der Waals surface area (Å²) >= 11 is 0. The van der Waals surface area contributed by atoms with Crippen LogP contribution in [0.25, 0.3) is 0 Å². The van der Waals surface area contributed by atoms with Gasteiger partial charge in [0, 0.05) is 13.1 Å². The normalized spacial score (nSPS) is 22.1. The van der Waals surface area contributed by atoms with E-state index in [0.717, 1.165) is 6.54 Å². The summed E-state index contributed by atoms with van der Waals surface area (Å²) in [7, 11) is 0. The summed E-state index contributed by atoms with van der Waals surface area (Å²) in [4.78, 5) is 12.2. The van der Waals surface area contributed by atoms with Crippen molar-refractivity contribution < 1.29 is 9.53 Å². The quantitative estimate of drug-likeness (QED) is 0.895. The van der Waals surface area contributed by atoms with Gasteiger partial charge in [0.1, 0.15) is 6.10 Å². The molecule has 1 amide bonds.